The van der Waals surface area contributed by atoms with Crippen molar-refractivity contribution in [1.29, 1.82) is 0 Å². The van der Waals surface area contributed by atoms with Gasteiger partial charge in [-0.05, 0) is 24.3 Å². The van der Waals surface area contributed by atoms with Gasteiger partial charge in [0.2, 0.25) is 0 Å². The molecule has 6 nitrogen and oxygen atoms in total. The molecule has 0 amide bonds. The Hall–Kier alpha value is -2.08. The van der Waals surface area contributed by atoms with E-state index in [1.807, 2.05) is 0 Å². The van der Waals surface area contributed by atoms with Crippen molar-refractivity contribution in [2.75, 3.05) is 20.3 Å². The van der Waals surface area contributed by atoms with Crippen LogP contribution in [0.1, 0.15) is 23.7 Å². The second-order valence-corrected chi connectivity index (χ2v) is 4.02. The van der Waals surface area contributed by atoms with Crippen LogP contribution >= 0.6 is 0 Å². The standard InChI is InChI=1S/C14H18O6/c1-3-13(16)19-8-11(15)9-20-14(17)10-4-6-12(18-2)7-5-10/h4-7,11,15H,3,8-9H2,1-2H3. The lowest BCUT2D eigenvalue weighted by Crippen LogP contribution is -2.25. The predicted octanol–water partition coefficient (Wildman–Crippen LogP) is 1.17. The fraction of sp³-hybridized carbons (Fsp3) is 0.429. The SMILES string of the molecule is CCC(=O)OCC(O)COC(=O)c1ccc(OC)cc1. The van der Waals surface area contributed by atoms with Gasteiger partial charge in [0.25, 0.3) is 0 Å². The third-order valence-corrected chi connectivity index (χ3v) is 2.46. The maximum absolute atomic E-state index is 11.7. The highest BCUT2D eigenvalue weighted by Crippen LogP contribution is 2.12. The van der Waals surface area contributed by atoms with Gasteiger partial charge in [0.05, 0.1) is 12.7 Å². The number of aliphatic hydroxyl groups is 1. The first-order chi connectivity index (χ1) is 9.56. The molecule has 0 spiro atoms. The highest BCUT2D eigenvalue weighted by atomic mass is 16.6. The summed E-state index contributed by atoms with van der Waals surface area (Å²) in [6.45, 7) is 1.23. The summed E-state index contributed by atoms with van der Waals surface area (Å²) in [4.78, 5) is 22.5. The molecule has 1 rings (SSSR count). The van der Waals surface area contributed by atoms with Gasteiger partial charge in [-0.15, -0.1) is 0 Å². The van der Waals surface area contributed by atoms with E-state index in [1.54, 1.807) is 31.2 Å². The van der Waals surface area contributed by atoms with Crippen molar-refractivity contribution in [2.24, 2.45) is 0 Å². The van der Waals surface area contributed by atoms with E-state index in [-0.39, 0.29) is 19.6 Å². The second kappa shape index (κ2) is 8.16. The van der Waals surface area contributed by atoms with Gasteiger partial charge in [-0.1, -0.05) is 6.92 Å². The summed E-state index contributed by atoms with van der Waals surface area (Å²) in [7, 11) is 1.53. The van der Waals surface area contributed by atoms with Gasteiger partial charge in [0.1, 0.15) is 25.1 Å². The molecule has 6 heteroatoms. The molecule has 1 atom stereocenters. The zero-order valence-corrected chi connectivity index (χ0v) is 11.5. The van der Waals surface area contributed by atoms with Crippen LogP contribution in [0.4, 0.5) is 0 Å². The molecule has 20 heavy (non-hydrogen) atoms. The maximum atomic E-state index is 11.7. The predicted molar refractivity (Wildman–Crippen MR) is 70.5 cm³/mol. The zero-order chi connectivity index (χ0) is 15.0. The molecule has 0 aliphatic heterocycles. The Morgan fingerprint density at radius 1 is 1.15 bits per heavy atom. The van der Waals surface area contributed by atoms with Crippen LogP contribution in [0.5, 0.6) is 5.75 Å². The molecule has 0 saturated carbocycles. The van der Waals surface area contributed by atoms with E-state index in [0.29, 0.717) is 11.3 Å². The Morgan fingerprint density at radius 2 is 1.75 bits per heavy atom. The molecule has 0 saturated heterocycles. The molecular formula is C14H18O6. The van der Waals surface area contributed by atoms with E-state index < -0.39 is 18.0 Å². The third-order valence-electron chi connectivity index (χ3n) is 2.46. The smallest absolute Gasteiger partial charge is 0.338 e. The van der Waals surface area contributed by atoms with Gasteiger partial charge < -0.3 is 19.3 Å². The molecule has 1 unspecified atom stereocenters. The van der Waals surface area contributed by atoms with Crippen molar-refractivity contribution in [3.63, 3.8) is 0 Å². The van der Waals surface area contributed by atoms with Crippen LogP contribution in [0, 0.1) is 0 Å². The van der Waals surface area contributed by atoms with E-state index in [2.05, 4.69) is 0 Å². The van der Waals surface area contributed by atoms with Crippen LogP contribution < -0.4 is 4.74 Å². The van der Waals surface area contributed by atoms with Crippen LogP contribution in [0.15, 0.2) is 24.3 Å². The highest BCUT2D eigenvalue weighted by Gasteiger charge is 2.12. The average Bonchev–Trinajstić information content (AvgIpc) is 2.50. The molecule has 1 aromatic rings. The van der Waals surface area contributed by atoms with Crippen molar-refractivity contribution in [2.45, 2.75) is 19.4 Å². The molecule has 0 aromatic heterocycles. The quantitative estimate of drug-likeness (QED) is 0.756. The lowest BCUT2D eigenvalue weighted by atomic mass is 10.2. The van der Waals surface area contributed by atoms with Crippen LogP contribution in [-0.4, -0.2) is 43.5 Å². The maximum Gasteiger partial charge on any atom is 0.338 e. The fourth-order valence-corrected chi connectivity index (χ4v) is 1.32. The molecule has 110 valence electrons. The number of esters is 2. The summed E-state index contributed by atoms with van der Waals surface area (Å²) in [6.07, 6.45) is -0.800. The van der Waals surface area contributed by atoms with Crippen LogP contribution in [0.25, 0.3) is 0 Å². The molecule has 0 radical (unpaired) electrons. The Labute approximate surface area is 117 Å². The van der Waals surface area contributed by atoms with Gasteiger partial charge in [0, 0.05) is 6.42 Å². The van der Waals surface area contributed by atoms with Crippen molar-refractivity contribution < 1.29 is 28.9 Å². The number of carbonyl (C=O) groups is 2. The molecule has 0 aliphatic carbocycles. The number of carbonyl (C=O) groups excluding carboxylic acids is 2. The first-order valence-corrected chi connectivity index (χ1v) is 6.21. The number of aliphatic hydroxyl groups excluding tert-OH is 1. The summed E-state index contributed by atoms with van der Waals surface area (Å²) in [5.41, 5.74) is 0.351. The first-order valence-electron chi connectivity index (χ1n) is 6.21. The third kappa shape index (κ3) is 5.27. The minimum Gasteiger partial charge on any atom is -0.497 e. The number of hydrogen-bond donors (Lipinski definition) is 1. The largest absolute Gasteiger partial charge is 0.497 e. The number of ether oxygens (including phenoxy) is 3. The molecular weight excluding hydrogens is 264 g/mol. The number of methoxy groups -OCH3 is 1. The summed E-state index contributed by atoms with van der Waals surface area (Å²) in [5, 5.41) is 9.50. The van der Waals surface area contributed by atoms with Gasteiger partial charge in [-0.2, -0.15) is 0 Å². The molecule has 0 fully saturated rings. The summed E-state index contributed by atoms with van der Waals surface area (Å²) >= 11 is 0. The van der Waals surface area contributed by atoms with Gasteiger partial charge >= 0.3 is 11.9 Å². The van der Waals surface area contributed by atoms with E-state index in [4.69, 9.17) is 14.2 Å². The summed E-state index contributed by atoms with van der Waals surface area (Å²) < 4.78 is 14.6. The van der Waals surface area contributed by atoms with Crippen LogP contribution in [-0.2, 0) is 14.3 Å². The monoisotopic (exact) mass is 282 g/mol. The van der Waals surface area contributed by atoms with Crippen molar-refractivity contribution in [3.8, 4) is 5.75 Å². The van der Waals surface area contributed by atoms with Crippen LogP contribution in [0.3, 0.4) is 0 Å². The lowest BCUT2D eigenvalue weighted by molar-refractivity contribution is -0.146. The molecule has 0 heterocycles. The van der Waals surface area contributed by atoms with E-state index in [0.717, 1.165) is 0 Å². The fourth-order valence-electron chi connectivity index (χ4n) is 1.32. The number of benzene rings is 1. The lowest BCUT2D eigenvalue weighted by Gasteiger charge is -2.11. The summed E-state index contributed by atoms with van der Waals surface area (Å²) in [6, 6.07) is 6.39. The summed E-state index contributed by atoms with van der Waals surface area (Å²) in [5.74, 6) is -0.341. The molecule has 0 aliphatic rings. The Kier molecular flexibility index (Phi) is 6.52. The minimum atomic E-state index is -1.03. The number of hydrogen-bond acceptors (Lipinski definition) is 6. The zero-order valence-electron chi connectivity index (χ0n) is 11.5. The molecule has 1 aromatic carbocycles. The van der Waals surface area contributed by atoms with Crippen molar-refractivity contribution >= 4 is 11.9 Å². The van der Waals surface area contributed by atoms with Crippen molar-refractivity contribution in [3.05, 3.63) is 29.8 Å². The van der Waals surface area contributed by atoms with Gasteiger partial charge in [0.15, 0.2) is 0 Å². The Balaban J connectivity index is 2.36. The van der Waals surface area contributed by atoms with Crippen molar-refractivity contribution in [1.82, 2.24) is 0 Å². The Morgan fingerprint density at radius 3 is 2.30 bits per heavy atom. The van der Waals surface area contributed by atoms with E-state index >= 15 is 0 Å². The van der Waals surface area contributed by atoms with E-state index in [9.17, 15) is 14.7 Å². The van der Waals surface area contributed by atoms with Crippen LogP contribution in [0.2, 0.25) is 0 Å². The average molecular weight is 282 g/mol. The Bertz CT molecular complexity index is 439. The van der Waals surface area contributed by atoms with Gasteiger partial charge in [-0.3, -0.25) is 4.79 Å². The highest BCUT2D eigenvalue weighted by molar-refractivity contribution is 5.89. The second-order valence-electron chi connectivity index (χ2n) is 4.02. The topological polar surface area (TPSA) is 82.1 Å². The number of rotatable bonds is 7. The van der Waals surface area contributed by atoms with Gasteiger partial charge in [-0.25, -0.2) is 4.79 Å². The molecule has 0 bridgehead atoms. The minimum absolute atomic E-state index is 0.192. The first kappa shape index (κ1) is 16.0. The molecule has 1 N–H and O–H groups in total. The normalized spacial score (nSPS) is 11.6. The van der Waals surface area contributed by atoms with E-state index in [1.165, 1.54) is 7.11 Å².